The Balaban J connectivity index is 0.000000468. The van der Waals surface area contributed by atoms with Gasteiger partial charge >= 0.3 is 0 Å². The molecule has 5 N–H and O–H groups in total. The van der Waals surface area contributed by atoms with Crippen LogP contribution in [-0.4, -0.2) is 25.9 Å². The summed E-state index contributed by atoms with van der Waals surface area (Å²) >= 11 is 0. The standard InChI is InChI=1S/2C8H8O3S.C8H8.H3N/c2*9-12(10,11)7-6-8-4-2-1-3-5-8;1-2-8-6-4-3-5-7-8;/h2*1-7H,(H,9,10,11);2-7H,1H2;1H3. The highest BCUT2D eigenvalue weighted by molar-refractivity contribution is 7.89. The van der Waals surface area contributed by atoms with E-state index in [4.69, 9.17) is 9.11 Å². The Bertz CT molecular complexity index is 1130. The van der Waals surface area contributed by atoms with Crippen LogP contribution in [-0.2, 0) is 20.2 Å². The second kappa shape index (κ2) is 15.5. The lowest BCUT2D eigenvalue weighted by molar-refractivity contribution is 0.492. The molecule has 0 bridgehead atoms. The molecule has 33 heavy (non-hydrogen) atoms. The largest absolute Gasteiger partial charge is 0.344 e. The second-order valence-corrected chi connectivity index (χ2v) is 8.68. The topological polar surface area (TPSA) is 144 Å². The Morgan fingerprint density at radius 2 is 0.818 bits per heavy atom. The SMILES string of the molecule is C=Cc1ccccc1.N.O=S(=O)(O)C=Cc1ccccc1.O=S(=O)(O)C=Cc1ccccc1. The molecule has 3 aromatic rings. The maximum Gasteiger partial charge on any atom is 0.287 e. The maximum atomic E-state index is 10.3. The number of hydrogen-bond donors (Lipinski definition) is 3. The van der Waals surface area contributed by atoms with Gasteiger partial charge in [-0.15, -0.1) is 0 Å². The molecule has 0 spiro atoms. The predicted molar refractivity (Wildman–Crippen MR) is 136 cm³/mol. The number of hydrogen-bond acceptors (Lipinski definition) is 5. The molecule has 0 saturated carbocycles. The Hall–Kier alpha value is -3.34. The molecule has 0 atom stereocenters. The van der Waals surface area contributed by atoms with Crippen LogP contribution in [0.5, 0.6) is 0 Å². The van der Waals surface area contributed by atoms with Crippen molar-refractivity contribution >= 4 is 38.5 Å². The average Bonchev–Trinajstić information content (AvgIpc) is 2.78. The van der Waals surface area contributed by atoms with E-state index in [9.17, 15) is 16.8 Å². The molecule has 0 fully saturated rings. The highest BCUT2D eigenvalue weighted by Crippen LogP contribution is 2.03. The van der Waals surface area contributed by atoms with Crippen molar-refractivity contribution in [3.8, 4) is 0 Å². The van der Waals surface area contributed by atoms with Gasteiger partial charge in [-0.3, -0.25) is 9.11 Å². The summed E-state index contributed by atoms with van der Waals surface area (Å²) in [6, 6.07) is 27.8. The van der Waals surface area contributed by atoms with Crippen LogP contribution in [0.2, 0.25) is 0 Å². The molecular weight excluding hydrogens is 462 g/mol. The van der Waals surface area contributed by atoms with Gasteiger partial charge in [-0.05, 0) is 28.8 Å². The first-order chi connectivity index (χ1) is 15.1. The minimum atomic E-state index is -4.00. The van der Waals surface area contributed by atoms with Crippen LogP contribution in [0, 0.1) is 0 Å². The van der Waals surface area contributed by atoms with Crippen molar-refractivity contribution in [3.63, 3.8) is 0 Å². The molecule has 0 heterocycles. The first-order valence-corrected chi connectivity index (χ1v) is 12.2. The third-order valence-electron chi connectivity index (χ3n) is 3.50. The molecule has 0 unspecified atom stereocenters. The fraction of sp³-hybridized carbons (Fsp3) is 0. The smallest absolute Gasteiger partial charge is 0.287 e. The first-order valence-electron chi connectivity index (χ1n) is 9.18. The molecule has 0 radical (unpaired) electrons. The van der Waals surface area contributed by atoms with Crippen LogP contribution in [0.3, 0.4) is 0 Å². The Morgan fingerprint density at radius 3 is 1.03 bits per heavy atom. The van der Waals surface area contributed by atoms with E-state index in [-0.39, 0.29) is 6.15 Å². The monoisotopic (exact) mass is 489 g/mol. The van der Waals surface area contributed by atoms with Crippen LogP contribution >= 0.6 is 0 Å². The highest BCUT2D eigenvalue weighted by Gasteiger charge is 1.95. The zero-order valence-electron chi connectivity index (χ0n) is 17.8. The van der Waals surface area contributed by atoms with E-state index in [0.717, 1.165) is 21.9 Å². The minimum Gasteiger partial charge on any atom is -0.344 e. The van der Waals surface area contributed by atoms with Crippen molar-refractivity contribution < 1.29 is 25.9 Å². The highest BCUT2D eigenvalue weighted by atomic mass is 32.2. The van der Waals surface area contributed by atoms with Crippen LogP contribution in [0.4, 0.5) is 0 Å². The van der Waals surface area contributed by atoms with E-state index >= 15 is 0 Å². The van der Waals surface area contributed by atoms with E-state index in [1.807, 2.05) is 48.5 Å². The Labute approximate surface area is 195 Å². The quantitative estimate of drug-likeness (QED) is 0.397. The summed E-state index contributed by atoms with van der Waals surface area (Å²) in [6.07, 6.45) is 4.49. The summed E-state index contributed by atoms with van der Waals surface area (Å²) in [6.45, 7) is 3.63. The predicted octanol–water partition coefficient (Wildman–Crippen LogP) is 5.58. The number of benzene rings is 3. The van der Waals surface area contributed by atoms with Crippen LogP contribution in [0.15, 0.2) is 108 Å². The molecule has 0 amide bonds. The van der Waals surface area contributed by atoms with Gasteiger partial charge in [-0.1, -0.05) is 104 Å². The zero-order chi connectivity index (χ0) is 23.9. The molecule has 0 aliphatic heterocycles. The fourth-order valence-electron chi connectivity index (χ4n) is 2.05. The van der Waals surface area contributed by atoms with Crippen molar-refractivity contribution in [1.82, 2.24) is 6.15 Å². The lowest BCUT2D eigenvalue weighted by Crippen LogP contribution is -1.88. The lowest BCUT2D eigenvalue weighted by atomic mass is 10.2. The van der Waals surface area contributed by atoms with Gasteiger partial charge in [0, 0.05) is 0 Å². The average molecular weight is 490 g/mol. The van der Waals surface area contributed by atoms with Crippen molar-refractivity contribution in [3.05, 3.63) is 125 Å². The van der Waals surface area contributed by atoms with E-state index in [0.29, 0.717) is 0 Å². The van der Waals surface area contributed by atoms with Crippen molar-refractivity contribution in [2.75, 3.05) is 0 Å². The van der Waals surface area contributed by atoms with Crippen molar-refractivity contribution in [2.24, 2.45) is 0 Å². The van der Waals surface area contributed by atoms with Crippen LogP contribution < -0.4 is 6.15 Å². The first kappa shape index (κ1) is 29.7. The zero-order valence-corrected chi connectivity index (χ0v) is 19.4. The minimum absolute atomic E-state index is 0. The van der Waals surface area contributed by atoms with E-state index < -0.39 is 20.2 Å². The summed E-state index contributed by atoms with van der Waals surface area (Å²) < 4.78 is 57.8. The molecule has 0 saturated heterocycles. The molecule has 7 nitrogen and oxygen atoms in total. The van der Waals surface area contributed by atoms with E-state index in [1.165, 1.54) is 17.7 Å². The molecule has 176 valence electrons. The maximum absolute atomic E-state index is 10.3. The third kappa shape index (κ3) is 17.0. The van der Waals surface area contributed by atoms with Gasteiger partial charge in [0.1, 0.15) is 0 Å². The molecule has 0 aliphatic rings. The summed E-state index contributed by atoms with van der Waals surface area (Å²) in [5.74, 6) is 0. The van der Waals surface area contributed by atoms with Crippen molar-refractivity contribution in [1.29, 1.82) is 0 Å². The lowest BCUT2D eigenvalue weighted by Gasteiger charge is -1.89. The Kier molecular flexibility index (Phi) is 13.9. The molecule has 3 aromatic carbocycles. The summed E-state index contributed by atoms with van der Waals surface area (Å²) in [4.78, 5) is 0. The summed E-state index contributed by atoms with van der Waals surface area (Å²) in [5, 5.41) is 1.50. The number of rotatable bonds is 5. The van der Waals surface area contributed by atoms with Crippen molar-refractivity contribution in [2.45, 2.75) is 0 Å². The van der Waals surface area contributed by atoms with Crippen LogP contribution in [0.1, 0.15) is 16.7 Å². The second-order valence-electron chi connectivity index (χ2n) is 6.07. The Morgan fingerprint density at radius 1 is 0.545 bits per heavy atom. The molecular formula is C24H27NO6S2. The van der Waals surface area contributed by atoms with Gasteiger partial charge in [0.2, 0.25) is 0 Å². The summed E-state index contributed by atoms with van der Waals surface area (Å²) in [7, 11) is -8.01. The van der Waals surface area contributed by atoms with Gasteiger partial charge in [0.25, 0.3) is 20.2 Å². The molecule has 0 aromatic heterocycles. The normalized spacial score (nSPS) is 10.8. The van der Waals surface area contributed by atoms with Crippen LogP contribution in [0.25, 0.3) is 18.2 Å². The van der Waals surface area contributed by atoms with E-state index in [1.54, 1.807) is 48.5 Å². The van der Waals surface area contributed by atoms with Gasteiger partial charge in [0.15, 0.2) is 0 Å². The van der Waals surface area contributed by atoms with Gasteiger partial charge in [0.05, 0.1) is 10.8 Å². The van der Waals surface area contributed by atoms with Gasteiger partial charge in [-0.2, -0.15) is 16.8 Å². The third-order valence-corrected chi connectivity index (χ3v) is 4.46. The summed E-state index contributed by atoms with van der Waals surface area (Å²) in [5.41, 5.74) is 2.64. The molecule has 3 rings (SSSR count). The van der Waals surface area contributed by atoms with E-state index in [2.05, 4.69) is 6.58 Å². The fourth-order valence-corrected chi connectivity index (χ4v) is 2.70. The van der Waals surface area contributed by atoms with Gasteiger partial charge in [-0.25, -0.2) is 0 Å². The molecule has 9 heteroatoms. The molecule has 0 aliphatic carbocycles. The van der Waals surface area contributed by atoms with Gasteiger partial charge < -0.3 is 6.15 Å².